The Kier molecular flexibility index (Phi) is 4.53. The summed E-state index contributed by atoms with van der Waals surface area (Å²) < 4.78 is 5.53. The summed E-state index contributed by atoms with van der Waals surface area (Å²) in [6.07, 6.45) is 5.16. The molecule has 3 nitrogen and oxygen atoms in total. The van der Waals surface area contributed by atoms with E-state index in [1.54, 1.807) is 7.11 Å². The van der Waals surface area contributed by atoms with Gasteiger partial charge in [-0.15, -0.1) is 0 Å². The fourth-order valence-corrected chi connectivity index (χ4v) is 3.69. The normalized spacial score (nSPS) is 13.3. The molecule has 3 heteroatoms. The molecule has 0 atom stereocenters. The molecule has 2 aromatic carbocycles. The van der Waals surface area contributed by atoms with Crippen LogP contribution in [0.25, 0.3) is 11.1 Å². The Morgan fingerprint density at radius 3 is 2.69 bits per heavy atom. The Balaban J connectivity index is 1.71. The number of ether oxygens (including phenoxy) is 1. The maximum Gasteiger partial charge on any atom is 0.163 e. The molecule has 1 aliphatic carbocycles. The van der Waals surface area contributed by atoms with Crippen LogP contribution in [0.2, 0.25) is 0 Å². The van der Waals surface area contributed by atoms with Crippen LogP contribution >= 0.6 is 0 Å². The molecule has 0 saturated heterocycles. The Bertz CT molecular complexity index is 962. The number of benzene rings is 2. The number of carbonyl (C=O) groups is 1. The largest absolute Gasteiger partial charge is 0.496 e. The number of ketones is 1. The quantitative estimate of drug-likeness (QED) is 0.678. The van der Waals surface area contributed by atoms with E-state index in [0.717, 1.165) is 47.4 Å². The summed E-state index contributed by atoms with van der Waals surface area (Å²) in [4.78, 5) is 16.7. The van der Waals surface area contributed by atoms with Crippen molar-refractivity contribution < 1.29 is 9.53 Å². The second-order valence-electron chi connectivity index (χ2n) is 6.64. The standard InChI is InChI=1S/C23H21NO2/c1-26-23-10-3-2-7-20(23)19-8-5-13-24-21(19)15-16-11-12-18-17(14-16)6-4-9-22(18)25/h2-3,5,7-8,10-14H,4,6,9,15H2,1H3. The van der Waals surface area contributed by atoms with Crippen LogP contribution in [0.5, 0.6) is 5.75 Å². The van der Waals surface area contributed by atoms with Crippen molar-refractivity contribution in [3.63, 3.8) is 0 Å². The van der Waals surface area contributed by atoms with E-state index in [9.17, 15) is 4.79 Å². The molecule has 0 N–H and O–H groups in total. The molecule has 0 unspecified atom stereocenters. The Hall–Kier alpha value is -2.94. The number of methoxy groups -OCH3 is 1. The van der Waals surface area contributed by atoms with Gasteiger partial charge in [0.25, 0.3) is 0 Å². The summed E-state index contributed by atoms with van der Waals surface area (Å²) in [7, 11) is 1.69. The first-order chi connectivity index (χ1) is 12.8. The maximum absolute atomic E-state index is 12.0. The smallest absolute Gasteiger partial charge is 0.163 e. The van der Waals surface area contributed by atoms with Crippen molar-refractivity contribution in [2.24, 2.45) is 0 Å². The first-order valence-electron chi connectivity index (χ1n) is 8.98. The van der Waals surface area contributed by atoms with Crippen LogP contribution in [0, 0.1) is 0 Å². The SMILES string of the molecule is COc1ccccc1-c1cccnc1Cc1ccc2c(c1)CCCC2=O. The molecule has 0 radical (unpaired) electrons. The molecule has 0 fully saturated rings. The van der Waals surface area contributed by atoms with E-state index in [1.807, 2.05) is 36.5 Å². The lowest BCUT2D eigenvalue weighted by Crippen LogP contribution is -2.11. The molecule has 0 spiro atoms. The third-order valence-corrected chi connectivity index (χ3v) is 4.98. The summed E-state index contributed by atoms with van der Waals surface area (Å²) in [5, 5.41) is 0. The molecule has 0 bridgehead atoms. The third kappa shape index (κ3) is 3.13. The van der Waals surface area contributed by atoms with Crippen molar-refractivity contribution in [3.8, 4) is 16.9 Å². The highest BCUT2D eigenvalue weighted by Gasteiger charge is 2.18. The number of pyridine rings is 1. The predicted molar refractivity (Wildman–Crippen MR) is 103 cm³/mol. The number of carbonyl (C=O) groups excluding carboxylic acids is 1. The van der Waals surface area contributed by atoms with Gasteiger partial charge in [-0.05, 0) is 36.1 Å². The average molecular weight is 343 g/mol. The van der Waals surface area contributed by atoms with E-state index in [0.29, 0.717) is 6.42 Å². The number of hydrogen-bond donors (Lipinski definition) is 0. The zero-order valence-corrected chi connectivity index (χ0v) is 14.9. The lowest BCUT2D eigenvalue weighted by atomic mass is 9.88. The highest BCUT2D eigenvalue weighted by molar-refractivity contribution is 5.98. The number of hydrogen-bond acceptors (Lipinski definition) is 3. The van der Waals surface area contributed by atoms with E-state index >= 15 is 0 Å². The molecular weight excluding hydrogens is 322 g/mol. The van der Waals surface area contributed by atoms with E-state index in [-0.39, 0.29) is 5.78 Å². The fraction of sp³-hybridized carbons (Fsp3) is 0.217. The van der Waals surface area contributed by atoms with Gasteiger partial charge in [0.15, 0.2) is 5.78 Å². The summed E-state index contributed by atoms with van der Waals surface area (Å²) >= 11 is 0. The highest BCUT2D eigenvalue weighted by atomic mass is 16.5. The van der Waals surface area contributed by atoms with Crippen LogP contribution in [0.4, 0.5) is 0 Å². The predicted octanol–water partition coefficient (Wildman–Crippen LogP) is 4.87. The van der Waals surface area contributed by atoms with Crippen LogP contribution in [-0.2, 0) is 12.8 Å². The van der Waals surface area contributed by atoms with Gasteiger partial charge < -0.3 is 4.74 Å². The van der Waals surface area contributed by atoms with Gasteiger partial charge >= 0.3 is 0 Å². The summed E-state index contributed by atoms with van der Waals surface area (Å²) in [6.45, 7) is 0. The van der Waals surface area contributed by atoms with Crippen molar-refractivity contribution in [1.82, 2.24) is 4.98 Å². The van der Waals surface area contributed by atoms with Gasteiger partial charge in [-0.1, -0.05) is 42.5 Å². The number of aryl methyl sites for hydroxylation is 1. The van der Waals surface area contributed by atoms with E-state index in [4.69, 9.17) is 4.74 Å². The molecule has 1 heterocycles. The molecule has 0 amide bonds. The van der Waals surface area contributed by atoms with Crippen LogP contribution in [0.3, 0.4) is 0 Å². The van der Waals surface area contributed by atoms with Crippen LogP contribution in [0.15, 0.2) is 60.8 Å². The van der Waals surface area contributed by atoms with E-state index in [1.165, 1.54) is 11.1 Å². The molecule has 3 aromatic rings. The highest BCUT2D eigenvalue weighted by Crippen LogP contribution is 2.32. The molecule has 4 rings (SSSR count). The summed E-state index contributed by atoms with van der Waals surface area (Å²) in [5.74, 6) is 1.11. The molecule has 0 saturated carbocycles. The van der Waals surface area contributed by atoms with Crippen molar-refractivity contribution in [2.75, 3.05) is 7.11 Å². The minimum atomic E-state index is 0.269. The van der Waals surface area contributed by atoms with Gasteiger partial charge in [-0.2, -0.15) is 0 Å². The van der Waals surface area contributed by atoms with Gasteiger partial charge in [0.05, 0.1) is 12.8 Å². The number of nitrogens with zero attached hydrogens (tertiary/aromatic N) is 1. The Morgan fingerprint density at radius 1 is 0.962 bits per heavy atom. The lowest BCUT2D eigenvalue weighted by Gasteiger charge is -2.16. The number of rotatable bonds is 4. The molecular formula is C23H21NO2. The minimum Gasteiger partial charge on any atom is -0.496 e. The molecule has 26 heavy (non-hydrogen) atoms. The number of aromatic nitrogens is 1. The topological polar surface area (TPSA) is 39.2 Å². The molecule has 1 aromatic heterocycles. The molecule has 1 aliphatic rings. The van der Waals surface area contributed by atoms with Gasteiger partial charge in [0.1, 0.15) is 5.75 Å². The van der Waals surface area contributed by atoms with Crippen molar-refractivity contribution in [1.29, 1.82) is 0 Å². The average Bonchev–Trinajstić information content (AvgIpc) is 2.68. The van der Waals surface area contributed by atoms with Crippen LogP contribution < -0.4 is 4.74 Å². The zero-order valence-electron chi connectivity index (χ0n) is 14.9. The Morgan fingerprint density at radius 2 is 1.81 bits per heavy atom. The molecule has 130 valence electrons. The second-order valence-corrected chi connectivity index (χ2v) is 6.64. The summed E-state index contributed by atoms with van der Waals surface area (Å²) in [5.41, 5.74) is 6.40. The van der Waals surface area contributed by atoms with Crippen LogP contribution in [0.1, 0.15) is 40.0 Å². The van der Waals surface area contributed by atoms with Gasteiger partial charge in [0.2, 0.25) is 0 Å². The third-order valence-electron chi connectivity index (χ3n) is 4.98. The second kappa shape index (κ2) is 7.12. The van der Waals surface area contributed by atoms with Crippen molar-refractivity contribution in [3.05, 3.63) is 83.2 Å². The first-order valence-corrected chi connectivity index (χ1v) is 8.98. The zero-order chi connectivity index (χ0) is 17.9. The summed E-state index contributed by atoms with van der Waals surface area (Å²) in [6, 6.07) is 18.3. The van der Waals surface area contributed by atoms with Crippen LogP contribution in [-0.4, -0.2) is 17.9 Å². The fourth-order valence-electron chi connectivity index (χ4n) is 3.69. The number of Topliss-reactive ketones (excluding diaryl/α,β-unsaturated/α-hetero) is 1. The van der Waals surface area contributed by atoms with Gasteiger partial charge in [-0.3, -0.25) is 9.78 Å². The van der Waals surface area contributed by atoms with Gasteiger partial charge in [-0.25, -0.2) is 0 Å². The number of para-hydroxylation sites is 1. The maximum atomic E-state index is 12.0. The van der Waals surface area contributed by atoms with Gasteiger partial charge in [0, 0.05) is 35.7 Å². The van der Waals surface area contributed by atoms with Crippen molar-refractivity contribution in [2.45, 2.75) is 25.7 Å². The Labute approximate surface area is 153 Å². The van der Waals surface area contributed by atoms with Crippen molar-refractivity contribution >= 4 is 5.78 Å². The lowest BCUT2D eigenvalue weighted by molar-refractivity contribution is 0.0972. The first kappa shape index (κ1) is 16.5. The monoisotopic (exact) mass is 343 g/mol. The minimum absolute atomic E-state index is 0.269. The van der Waals surface area contributed by atoms with E-state index in [2.05, 4.69) is 29.2 Å². The number of fused-ring (bicyclic) bond motifs is 1. The molecule has 0 aliphatic heterocycles. The van der Waals surface area contributed by atoms with E-state index < -0.39 is 0 Å².